The van der Waals surface area contributed by atoms with Crippen LogP contribution in [0.2, 0.25) is 0 Å². The number of anilines is 2. The van der Waals surface area contributed by atoms with Gasteiger partial charge in [-0.15, -0.1) is 0 Å². The summed E-state index contributed by atoms with van der Waals surface area (Å²) in [6.45, 7) is 1.92. The van der Waals surface area contributed by atoms with E-state index in [-0.39, 0.29) is 5.91 Å². The highest BCUT2D eigenvalue weighted by molar-refractivity contribution is 7.85. The Bertz CT molecular complexity index is 952. The molecule has 7 nitrogen and oxygen atoms in total. The van der Waals surface area contributed by atoms with Gasteiger partial charge in [0.05, 0.1) is 11.8 Å². The van der Waals surface area contributed by atoms with Crippen LogP contribution in [-0.2, 0) is 11.2 Å². The first-order valence-electron chi connectivity index (χ1n) is 8.01. The average molecular weight is 383 g/mol. The third kappa shape index (κ3) is 5.05. The van der Waals surface area contributed by atoms with Crippen LogP contribution in [0, 0.1) is 6.92 Å². The monoisotopic (exact) mass is 383 g/mol. The van der Waals surface area contributed by atoms with Gasteiger partial charge in [-0.25, -0.2) is 4.21 Å². The van der Waals surface area contributed by atoms with Crippen molar-refractivity contribution in [3.05, 3.63) is 83.8 Å². The van der Waals surface area contributed by atoms with E-state index >= 15 is 0 Å². The van der Waals surface area contributed by atoms with Gasteiger partial charge in [-0.3, -0.25) is 19.0 Å². The molecule has 1 heterocycles. The maximum Gasteiger partial charge on any atom is 0.264 e. The molecule has 3 rings (SSSR count). The standard InChI is InChI=1S/C19H17N3O4S/c1-13-2-4-14(5-3-13)19(24)22-27(25)21-17-8-6-16(7-9-17)20-18(23)15-10-11-26-12-15/h2-12,21H,1H3,(H,20,23)(H,22,24). The smallest absolute Gasteiger partial charge is 0.264 e. The van der Waals surface area contributed by atoms with E-state index in [1.54, 1.807) is 42.5 Å². The van der Waals surface area contributed by atoms with E-state index in [9.17, 15) is 13.8 Å². The van der Waals surface area contributed by atoms with Crippen molar-refractivity contribution in [1.82, 2.24) is 4.72 Å². The lowest BCUT2D eigenvalue weighted by Crippen LogP contribution is -2.29. The van der Waals surface area contributed by atoms with E-state index < -0.39 is 17.1 Å². The highest BCUT2D eigenvalue weighted by atomic mass is 32.2. The van der Waals surface area contributed by atoms with Gasteiger partial charge in [-0.1, -0.05) is 17.7 Å². The number of hydrogen-bond acceptors (Lipinski definition) is 4. The van der Waals surface area contributed by atoms with Crippen LogP contribution >= 0.6 is 0 Å². The van der Waals surface area contributed by atoms with Crippen LogP contribution in [0.15, 0.2) is 71.5 Å². The Morgan fingerprint density at radius 1 is 0.852 bits per heavy atom. The predicted octanol–water partition coefficient (Wildman–Crippen LogP) is 3.26. The molecule has 0 saturated carbocycles. The highest BCUT2D eigenvalue weighted by Crippen LogP contribution is 2.15. The summed E-state index contributed by atoms with van der Waals surface area (Å²) in [7, 11) is 0. The summed E-state index contributed by atoms with van der Waals surface area (Å²) in [4.78, 5) is 24.0. The second-order valence-corrected chi connectivity index (χ2v) is 6.66. The second kappa shape index (κ2) is 8.33. The van der Waals surface area contributed by atoms with Crippen LogP contribution in [0.3, 0.4) is 0 Å². The van der Waals surface area contributed by atoms with E-state index in [0.29, 0.717) is 22.5 Å². The van der Waals surface area contributed by atoms with Crippen molar-refractivity contribution >= 4 is 34.4 Å². The number of carbonyl (C=O) groups excluding carboxylic acids is 2. The molecule has 8 heteroatoms. The Hall–Kier alpha value is -3.39. The molecule has 1 unspecified atom stereocenters. The maximum absolute atomic E-state index is 12.1. The van der Waals surface area contributed by atoms with Crippen molar-refractivity contribution in [1.29, 1.82) is 0 Å². The lowest BCUT2D eigenvalue weighted by atomic mass is 10.1. The molecule has 0 aliphatic rings. The molecule has 0 radical (unpaired) electrons. The number of benzene rings is 2. The molecule has 0 spiro atoms. The fraction of sp³-hybridized carbons (Fsp3) is 0.0526. The number of furan rings is 1. The van der Waals surface area contributed by atoms with Gasteiger partial charge in [0, 0.05) is 16.9 Å². The van der Waals surface area contributed by atoms with Crippen molar-refractivity contribution < 1.29 is 18.2 Å². The van der Waals surface area contributed by atoms with E-state index in [1.165, 1.54) is 12.5 Å². The van der Waals surface area contributed by atoms with Crippen molar-refractivity contribution in [2.45, 2.75) is 6.92 Å². The van der Waals surface area contributed by atoms with Gasteiger partial charge in [-0.2, -0.15) is 0 Å². The molecule has 0 aliphatic carbocycles. The second-order valence-electron chi connectivity index (χ2n) is 5.71. The summed E-state index contributed by atoms with van der Waals surface area (Å²) in [5.41, 5.74) is 2.97. The van der Waals surface area contributed by atoms with Gasteiger partial charge in [0.1, 0.15) is 6.26 Å². The molecule has 3 N–H and O–H groups in total. The fourth-order valence-corrected chi connectivity index (χ4v) is 2.89. The minimum absolute atomic E-state index is 0.293. The van der Waals surface area contributed by atoms with Crippen molar-refractivity contribution in [2.24, 2.45) is 0 Å². The molecule has 3 aromatic rings. The van der Waals surface area contributed by atoms with Gasteiger partial charge in [0.15, 0.2) is 0 Å². The molecule has 1 aromatic heterocycles. The Kier molecular flexibility index (Phi) is 5.68. The summed E-state index contributed by atoms with van der Waals surface area (Å²) < 4.78 is 22.0. The molecule has 2 amide bonds. The zero-order valence-electron chi connectivity index (χ0n) is 14.4. The highest BCUT2D eigenvalue weighted by Gasteiger charge is 2.10. The van der Waals surface area contributed by atoms with E-state index in [2.05, 4.69) is 14.8 Å². The molecule has 27 heavy (non-hydrogen) atoms. The Balaban J connectivity index is 1.54. The third-order valence-corrected chi connectivity index (χ3v) is 4.43. The molecular formula is C19H17N3O4S. The zero-order valence-corrected chi connectivity index (χ0v) is 15.2. The SMILES string of the molecule is Cc1ccc(C(=O)NS(=O)Nc2ccc(NC(=O)c3ccoc3)cc2)cc1. The Morgan fingerprint density at radius 2 is 1.52 bits per heavy atom. The molecule has 138 valence electrons. The number of carbonyl (C=O) groups is 2. The fourth-order valence-electron chi connectivity index (χ4n) is 2.20. The molecule has 2 aromatic carbocycles. The number of aryl methyl sites for hydroxylation is 1. The quantitative estimate of drug-likeness (QED) is 0.608. The summed E-state index contributed by atoms with van der Waals surface area (Å²) in [5.74, 6) is -0.733. The summed E-state index contributed by atoms with van der Waals surface area (Å²) in [6.07, 6.45) is 2.77. The number of amides is 2. The largest absolute Gasteiger partial charge is 0.472 e. The van der Waals surface area contributed by atoms with Crippen LogP contribution in [0.25, 0.3) is 0 Å². The molecule has 0 saturated heterocycles. The lowest BCUT2D eigenvalue weighted by Gasteiger charge is -2.09. The minimum atomic E-state index is -1.80. The first-order valence-corrected chi connectivity index (χ1v) is 9.16. The van der Waals surface area contributed by atoms with Gasteiger partial charge in [0.2, 0.25) is 11.2 Å². The maximum atomic E-state index is 12.1. The van der Waals surface area contributed by atoms with Gasteiger partial charge in [0.25, 0.3) is 11.8 Å². The van der Waals surface area contributed by atoms with Crippen LogP contribution in [-0.4, -0.2) is 16.0 Å². The van der Waals surface area contributed by atoms with Crippen LogP contribution < -0.4 is 14.8 Å². The van der Waals surface area contributed by atoms with Crippen molar-refractivity contribution in [2.75, 3.05) is 10.0 Å². The third-order valence-electron chi connectivity index (χ3n) is 3.64. The van der Waals surface area contributed by atoms with Crippen molar-refractivity contribution in [3.63, 3.8) is 0 Å². The summed E-state index contributed by atoms with van der Waals surface area (Å²) in [6, 6.07) is 15.1. The van der Waals surface area contributed by atoms with Gasteiger partial charge in [-0.05, 0) is 49.4 Å². The van der Waals surface area contributed by atoms with Gasteiger partial charge >= 0.3 is 0 Å². The number of nitrogens with one attached hydrogen (secondary N) is 3. The number of hydrogen-bond donors (Lipinski definition) is 3. The molecule has 1 atom stereocenters. The van der Waals surface area contributed by atoms with E-state index in [4.69, 9.17) is 4.42 Å². The lowest BCUT2D eigenvalue weighted by molar-refractivity contribution is 0.0981. The molecule has 0 bridgehead atoms. The van der Waals surface area contributed by atoms with E-state index in [0.717, 1.165) is 5.56 Å². The molecule has 0 fully saturated rings. The molecular weight excluding hydrogens is 366 g/mol. The van der Waals surface area contributed by atoms with Crippen LogP contribution in [0.4, 0.5) is 11.4 Å². The van der Waals surface area contributed by atoms with Crippen LogP contribution in [0.5, 0.6) is 0 Å². The summed E-state index contributed by atoms with van der Waals surface area (Å²) >= 11 is -1.80. The first-order chi connectivity index (χ1) is 13.0. The predicted molar refractivity (Wildman–Crippen MR) is 104 cm³/mol. The summed E-state index contributed by atoms with van der Waals surface area (Å²) in [5, 5.41) is 2.71. The van der Waals surface area contributed by atoms with Crippen molar-refractivity contribution in [3.8, 4) is 0 Å². The topological polar surface area (TPSA) is 100 Å². The first kappa shape index (κ1) is 18.4. The molecule has 0 aliphatic heterocycles. The van der Waals surface area contributed by atoms with E-state index in [1.807, 2.05) is 19.1 Å². The number of rotatable bonds is 6. The normalized spacial score (nSPS) is 11.4. The minimum Gasteiger partial charge on any atom is -0.472 e. The Morgan fingerprint density at radius 3 is 2.15 bits per heavy atom. The zero-order chi connectivity index (χ0) is 19.2. The van der Waals surface area contributed by atoms with Crippen LogP contribution in [0.1, 0.15) is 26.3 Å². The van der Waals surface area contributed by atoms with Gasteiger partial charge < -0.3 is 9.73 Å². The average Bonchev–Trinajstić information content (AvgIpc) is 3.18. The Labute approximate surface area is 158 Å².